The second-order valence-electron chi connectivity index (χ2n) is 6.14. The molecule has 2 amide bonds. The molecule has 2 fully saturated rings. The molecular weight excluding hydrogens is 326 g/mol. The Bertz CT molecular complexity index is 600. The summed E-state index contributed by atoms with van der Waals surface area (Å²) in [5, 5.41) is -0.0974. The van der Waals surface area contributed by atoms with Crippen molar-refractivity contribution in [2.75, 3.05) is 52.6 Å². The maximum Gasteiger partial charge on any atom is 0.242 e. The molecule has 2 aliphatic rings. The fourth-order valence-corrected chi connectivity index (χ4v) is 4.16. The number of rotatable bonds is 4. The van der Waals surface area contributed by atoms with Gasteiger partial charge in [0.25, 0.3) is 0 Å². The summed E-state index contributed by atoms with van der Waals surface area (Å²) in [5.74, 6) is 1.28. The van der Waals surface area contributed by atoms with Crippen molar-refractivity contribution in [1.29, 1.82) is 0 Å². The molecule has 0 saturated carbocycles. The van der Waals surface area contributed by atoms with Crippen molar-refractivity contribution in [3.63, 3.8) is 0 Å². The predicted octanol–water partition coefficient (Wildman–Crippen LogP) is 1.04. The molecule has 6 nitrogen and oxygen atoms in total. The number of likely N-dealkylation sites (N-methyl/N-ethyl adjacent to an activating group) is 1. The van der Waals surface area contributed by atoms with E-state index >= 15 is 0 Å². The van der Waals surface area contributed by atoms with Crippen LogP contribution in [0.25, 0.3) is 0 Å². The van der Waals surface area contributed by atoms with Gasteiger partial charge in [0.2, 0.25) is 11.8 Å². The molecule has 1 aromatic rings. The van der Waals surface area contributed by atoms with E-state index in [0.717, 1.165) is 37.5 Å². The van der Waals surface area contributed by atoms with Crippen LogP contribution in [0.2, 0.25) is 0 Å². The van der Waals surface area contributed by atoms with Crippen molar-refractivity contribution < 1.29 is 14.3 Å². The van der Waals surface area contributed by atoms with Crippen molar-refractivity contribution in [2.24, 2.45) is 0 Å². The zero-order chi connectivity index (χ0) is 17.1. The van der Waals surface area contributed by atoms with Crippen LogP contribution in [0.1, 0.15) is 10.9 Å². The molecule has 0 spiro atoms. The van der Waals surface area contributed by atoms with Crippen LogP contribution in [0.4, 0.5) is 0 Å². The Kier molecular flexibility index (Phi) is 5.30. The second-order valence-corrected chi connectivity index (χ2v) is 7.21. The van der Waals surface area contributed by atoms with Gasteiger partial charge in [0, 0.05) is 26.2 Å². The Morgan fingerprint density at radius 1 is 1.21 bits per heavy atom. The number of nitrogens with zero attached hydrogens (tertiary/aromatic N) is 3. The van der Waals surface area contributed by atoms with Crippen molar-refractivity contribution in [2.45, 2.75) is 5.37 Å². The minimum atomic E-state index is -0.0974. The second kappa shape index (κ2) is 7.44. The van der Waals surface area contributed by atoms with E-state index in [1.165, 1.54) is 0 Å². The zero-order valence-corrected chi connectivity index (χ0v) is 14.9. The third kappa shape index (κ3) is 3.67. The molecular formula is C17H23N3O3S. The maximum absolute atomic E-state index is 12.6. The van der Waals surface area contributed by atoms with Crippen LogP contribution in [0.3, 0.4) is 0 Å². The summed E-state index contributed by atoms with van der Waals surface area (Å²) in [5.41, 5.74) is 1.03. The number of thioether (sulfide) groups is 1. The van der Waals surface area contributed by atoms with E-state index in [4.69, 9.17) is 4.74 Å². The van der Waals surface area contributed by atoms with E-state index in [0.29, 0.717) is 5.75 Å². The Morgan fingerprint density at radius 2 is 1.88 bits per heavy atom. The number of piperazine rings is 1. The number of carbonyl (C=O) groups is 2. The Morgan fingerprint density at radius 3 is 2.50 bits per heavy atom. The van der Waals surface area contributed by atoms with Gasteiger partial charge in [-0.1, -0.05) is 12.1 Å². The fourth-order valence-electron chi connectivity index (χ4n) is 2.97. The highest BCUT2D eigenvalue weighted by molar-refractivity contribution is 8.00. The zero-order valence-electron chi connectivity index (χ0n) is 14.1. The van der Waals surface area contributed by atoms with E-state index in [1.807, 2.05) is 29.2 Å². The lowest BCUT2D eigenvalue weighted by molar-refractivity contribution is -0.140. The Hall–Kier alpha value is -1.73. The average molecular weight is 349 g/mol. The molecule has 0 unspecified atom stereocenters. The van der Waals surface area contributed by atoms with Gasteiger partial charge in [-0.3, -0.25) is 9.59 Å². The summed E-state index contributed by atoms with van der Waals surface area (Å²) in [6.07, 6.45) is 0. The summed E-state index contributed by atoms with van der Waals surface area (Å²) in [6, 6.07) is 7.70. The highest BCUT2D eigenvalue weighted by Gasteiger charge is 2.35. The van der Waals surface area contributed by atoms with Gasteiger partial charge in [-0.2, -0.15) is 0 Å². The van der Waals surface area contributed by atoms with Crippen molar-refractivity contribution >= 4 is 23.6 Å². The van der Waals surface area contributed by atoms with Gasteiger partial charge in [0.15, 0.2) is 0 Å². The van der Waals surface area contributed by atoms with Crippen LogP contribution >= 0.6 is 11.8 Å². The number of carbonyl (C=O) groups excluding carboxylic acids is 2. The summed E-state index contributed by atoms with van der Waals surface area (Å²) in [4.78, 5) is 30.6. The summed E-state index contributed by atoms with van der Waals surface area (Å²) in [6.45, 7) is 3.40. The lowest BCUT2D eigenvalue weighted by Gasteiger charge is -2.34. The standard InChI is InChI=1S/C17H23N3O3S/c1-18-7-9-19(10-8-18)15(21)11-20-16(22)12-24-17(20)13-3-5-14(23-2)6-4-13/h3-6,17H,7-12H2,1-2H3/t17-/m0/s1. The molecule has 7 heteroatoms. The quantitative estimate of drug-likeness (QED) is 0.813. The fraction of sp³-hybridized carbons (Fsp3) is 0.529. The molecule has 0 bridgehead atoms. The highest BCUT2D eigenvalue weighted by atomic mass is 32.2. The van der Waals surface area contributed by atoms with Gasteiger partial charge < -0.3 is 19.4 Å². The first-order valence-electron chi connectivity index (χ1n) is 8.10. The number of hydrogen-bond acceptors (Lipinski definition) is 5. The van der Waals surface area contributed by atoms with Crippen LogP contribution in [0.5, 0.6) is 5.75 Å². The Labute approximate surface area is 146 Å². The molecule has 3 rings (SSSR count). The number of amides is 2. The predicted molar refractivity (Wildman–Crippen MR) is 94.0 cm³/mol. The van der Waals surface area contributed by atoms with Crippen LogP contribution in [0, 0.1) is 0 Å². The van der Waals surface area contributed by atoms with Gasteiger partial charge in [0.05, 0.1) is 12.9 Å². The SMILES string of the molecule is COc1ccc([C@@H]2SCC(=O)N2CC(=O)N2CCN(C)CC2)cc1. The number of hydrogen-bond donors (Lipinski definition) is 0. The first-order chi connectivity index (χ1) is 11.6. The lowest BCUT2D eigenvalue weighted by Crippen LogP contribution is -2.50. The van der Waals surface area contributed by atoms with Gasteiger partial charge in [-0.05, 0) is 24.7 Å². The molecule has 0 aliphatic carbocycles. The number of ether oxygens (including phenoxy) is 1. The van der Waals surface area contributed by atoms with Gasteiger partial charge in [-0.15, -0.1) is 11.8 Å². The highest BCUT2D eigenvalue weighted by Crippen LogP contribution is 2.38. The molecule has 2 heterocycles. The van der Waals surface area contributed by atoms with Crippen molar-refractivity contribution in [3.05, 3.63) is 29.8 Å². The molecule has 2 saturated heterocycles. The van der Waals surface area contributed by atoms with E-state index in [9.17, 15) is 9.59 Å². The number of methoxy groups -OCH3 is 1. The molecule has 130 valence electrons. The normalized spacial score (nSPS) is 22.1. The van der Waals surface area contributed by atoms with Crippen LogP contribution in [0.15, 0.2) is 24.3 Å². The topological polar surface area (TPSA) is 53.1 Å². The third-order valence-electron chi connectivity index (χ3n) is 4.53. The minimum Gasteiger partial charge on any atom is -0.497 e. The average Bonchev–Trinajstić information content (AvgIpc) is 2.96. The largest absolute Gasteiger partial charge is 0.497 e. The monoisotopic (exact) mass is 349 g/mol. The summed E-state index contributed by atoms with van der Waals surface area (Å²) in [7, 11) is 3.69. The summed E-state index contributed by atoms with van der Waals surface area (Å²) >= 11 is 1.57. The van der Waals surface area contributed by atoms with Crippen molar-refractivity contribution in [1.82, 2.24) is 14.7 Å². The van der Waals surface area contributed by atoms with Gasteiger partial charge in [0.1, 0.15) is 17.7 Å². The van der Waals surface area contributed by atoms with E-state index < -0.39 is 0 Å². The minimum absolute atomic E-state index is 0.0308. The van der Waals surface area contributed by atoms with E-state index in [1.54, 1.807) is 23.8 Å². The molecule has 0 N–H and O–H groups in total. The van der Waals surface area contributed by atoms with Crippen LogP contribution < -0.4 is 4.74 Å². The van der Waals surface area contributed by atoms with Gasteiger partial charge in [-0.25, -0.2) is 0 Å². The first-order valence-corrected chi connectivity index (χ1v) is 9.14. The molecule has 1 atom stereocenters. The van der Waals surface area contributed by atoms with Gasteiger partial charge >= 0.3 is 0 Å². The third-order valence-corrected chi connectivity index (χ3v) is 5.79. The Balaban J connectivity index is 1.67. The molecule has 1 aromatic carbocycles. The molecule has 2 aliphatic heterocycles. The smallest absolute Gasteiger partial charge is 0.242 e. The van der Waals surface area contributed by atoms with Crippen LogP contribution in [-0.4, -0.2) is 79.1 Å². The van der Waals surface area contributed by atoms with Crippen LogP contribution in [-0.2, 0) is 9.59 Å². The molecule has 0 aromatic heterocycles. The van der Waals surface area contributed by atoms with E-state index in [-0.39, 0.29) is 23.7 Å². The molecule has 24 heavy (non-hydrogen) atoms. The molecule has 0 radical (unpaired) electrons. The first kappa shape index (κ1) is 17.1. The van der Waals surface area contributed by atoms with Crippen molar-refractivity contribution in [3.8, 4) is 5.75 Å². The lowest BCUT2D eigenvalue weighted by atomic mass is 10.2. The maximum atomic E-state index is 12.6. The van der Waals surface area contributed by atoms with E-state index in [2.05, 4.69) is 11.9 Å². The number of benzene rings is 1. The summed E-state index contributed by atoms with van der Waals surface area (Å²) < 4.78 is 5.18.